The summed E-state index contributed by atoms with van der Waals surface area (Å²) in [6.45, 7) is 3.12. The number of carbonyl (C=O) groups is 3. The van der Waals surface area contributed by atoms with Crippen molar-refractivity contribution in [2.45, 2.75) is 31.7 Å². The van der Waals surface area contributed by atoms with Crippen molar-refractivity contribution in [1.82, 2.24) is 0 Å². The highest BCUT2D eigenvalue weighted by atomic mass is 16.6. The number of hydrogen-bond donors (Lipinski definition) is 0. The highest BCUT2D eigenvalue weighted by Crippen LogP contribution is 2.35. The summed E-state index contributed by atoms with van der Waals surface area (Å²) < 4.78 is 33.6. The highest BCUT2D eigenvalue weighted by molar-refractivity contribution is 5.92. The van der Waals surface area contributed by atoms with Crippen LogP contribution < -0.4 is 0 Å². The lowest BCUT2D eigenvalue weighted by Gasteiger charge is -2.31. The summed E-state index contributed by atoms with van der Waals surface area (Å²) >= 11 is 0. The van der Waals surface area contributed by atoms with Gasteiger partial charge >= 0.3 is 17.9 Å². The molecule has 3 unspecified atom stereocenters. The van der Waals surface area contributed by atoms with E-state index in [9.17, 15) is 14.4 Å². The van der Waals surface area contributed by atoms with Crippen molar-refractivity contribution in [3.63, 3.8) is 0 Å². The van der Waals surface area contributed by atoms with E-state index in [1.807, 2.05) is 43.3 Å². The van der Waals surface area contributed by atoms with Crippen LogP contribution in [-0.4, -0.2) is 57.5 Å². The second-order valence-electron chi connectivity index (χ2n) is 10.8. The molecule has 6 rings (SSSR count). The highest BCUT2D eigenvalue weighted by Gasteiger charge is 2.38. The lowest BCUT2D eigenvalue weighted by atomic mass is 9.87. The Balaban J connectivity index is 1.19. The van der Waals surface area contributed by atoms with E-state index in [0.717, 1.165) is 16.7 Å². The molecule has 0 aliphatic carbocycles. The molecule has 0 bridgehead atoms. The maximum Gasteiger partial charge on any atom is 0.338 e. The Kier molecular flexibility index (Phi) is 8.06. The molecular formula is C33H32O9. The Bertz CT molecular complexity index is 1300. The van der Waals surface area contributed by atoms with Gasteiger partial charge in [0.25, 0.3) is 0 Å². The van der Waals surface area contributed by atoms with Gasteiger partial charge in [0.15, 0.2) is 0 Å². The van der Waals surface area contributed by atoms with Crippen molar-refractivity contribution in [3.05, 3.63) is 106 Å². The fraction of sp³-hybridized carbons (Fsp3) is 0.364. The summed E-state index contributed by atoms with van der Waals surface area (Å²) in [6, 6.07) is 21.4. The van der Waals surface area contributed by atoms with E-state index in [4.69, 9.17) is 28.4 Å². The van der Waals surface area contributed by atoms with Crippen molar-refractivity contribution < 1.29 is 42.8 Å². The lowest BCUT2D eigenvalue weighted by Crippen LogP contribution is -2.39. The van der Waals surface area contributed by atoms with Gasteiger partial charge in [-0.05, 0) is 41.3 Å². The van der Waals surface area contributed by atoms with Crippen LogP contribution >= 0.6 is 0 Å². The van der Waals surface area contributed by atoms with E-state index in [-0.39, 0.29) is 38.1 Å². The van der Waals surface area contributed by atoms with Gasteiger partial charge in [0.05, 0.1) is 41.9 Å². The molecule has 0 radical (unpaired) electrons. The first kappa shape index (κ1) is 28.1. The van der Waals surface area contributed by atoms with E-state index >= 15 is 0 Å². The van der Waals surface area contributed by atoms with Crippen LogP contribution in [0.2, 0.25) is 0 Å². The van der Waals surface area contributed by atoms with Gasteiger partial charge in [-0.2, -0.15) is 0 Å². The van der Waals surface area contributed by atoms with Crippen molar-refractivity contribution in [1.29, 1.82) is 0 Å². The first-order chi connectivity index (χ1) is 20.5. The molecule has 3 atom stereocenters. The van der Waals surface area contributed by atoms with Crippen molar-refractivity contribution in [2.75, 3.05) is 39.6 Å². The molecular weight excluding hydrogens is 540 g/mol. The molecule has 0 N–H and O–H groups in total. The number of carbonyl (C=O) groups excluding carboxylic acids is 3. The summed E-state index contributed by atoms with van der Waals surface area (Å²) in [5.41, 5.74) is 2.53. The minimum Gasteiger partial charge on any atom is -0.461 e. The molecule has 0 aromatic heterocycles. The normalized spacial score (nSPS) is 21.5. The van der Waals surface area contributed by atoms with Crippen LogP contribution in [0.4, 0.5) is 0 Å². The van der Waals surface area contributed by atoms with E-state index in [1.165, 1.54) is 0 Å². The summed E-state index contributed by atoms with van der Waals surface area (Å²) in [5.74, 6) is -1.57. The molecule has 3 aromatic carbocycles. The van der Waals surface area contributed by atoms with Crippen molar-refractivity contribution >= 4 is 17.9 Å². The molecule has 3 aliphatic heterocycles. The van der Waals surface area contributed by atoms with E-state index < -0.39 is 23.3 Å². The molecule has 0 amide bonds. The largest absolute Gasteiger partial charge is 0.461 e. The minimum atomic E-state index is -0.998. The second kappa shape index (κ2) is 12.1. The van der Waals surface area contributed by atoms with Crippen LogP contribution in [0.1, 0.15) is 79.4 Å². The average Bonchev–Trinajstić information content (AvgIpc) is 3.88. The lowest BCUT2D eigenvalue weighted by molar-refractivity contribution is -0.0382. The number of esters is 3. The third-order valence-electron chi connectivity index (χ3n) is 7.86. The van der Waals surface area contributed by atoms with E-state index in [1.54, 1.807) is 36.4 Å². The predicted molar refractivity (Wildman–Crippen MR) is 149 cm³/mol. The smallest absolute Gasteiger partial charge is 0.338 e. The fourth-order valence-electron chi connectivity index (χ4n) is 4.89. The summed E-state index contributed by atoms with van der Waals surface area (Å²) in [6.07, 6.45) is 0.0162. The van der Waals surface area contributed by atoms with Gasteiger partial charge in [0, 0.05) is 0 Å². The zero-order valence-corrected chi connectivity index (χ0v) is 23.3. The maximum absolute atomic E-state index is 13.2. The molecule has 3 saturated heterocycles. The number of benzene rings is 3. The topological polar surface area (TPSA) is 116 Å². The summed E-state index contributed by atoms with van der Waals surface area (Å²) in [5, 5.41) is 0. The average molecular weight is 573 g/mol. The van der Waals surface area contributed by atoms with Crippen molar-refractivity contribution in [2.24, 2.45) is 5.41 Å². The third-order valence-corrected chi connectivity index (χ3v) is 7.86. The van der Waals surface area contributed by atoms with Crippen LogP contribution in [0.25, 0.3) is 0 Å². The van der Waals surface area contributed by atoms with Gasteiger partial charge in [-0.25, -0.2) is 14.4 Å². The third kappa shape index (κ3) is 6.38. The zero-order chi connectivity index (χ0) is 29.1. The minimum absolute atomic E-state index is 0.127. The molecule has 9 nitrogen and oxygen atoms in total. The number of ether oxygens (including phenoxy) is 6. The molecule has 3 heterocycles. The quantitative estimate of drug-likeness (QED) is 0.155. The Labute approximate surface area is 243 Å². The molecule has 3 aromatic rings. The van der Waals surface area contributed by atoms with E-state index in [2.05, 4.69) is 0 Å². The number of epoxide rings is 3. The summed E-state index contributed by atoms with van der Waals surface area (Å²) in [4.78, 5) is 39.6. The molecule has 9 heteroatoms. The molecule has 0 spiro atoms. The molecule has 0 saturated carbocycles. The van der Waals surface area contributed by atoms with Crippen molar-refractivity contribution in [3.8, 4) is 0 Å². The van der Waals surface area contributed by atoms with Crippen LogP contribution in [0, 0.1) is 5.41 Å². The number of hydrogen-bond acceptors (Lipinski definition) is 9. The number of rotatable bonds is 13. The summed E-state index contributed by atoms with van der Waals surface area (Å²) in [7, 11) is 0. The predicted octanol–water partition coefficient (Wildman–Crippen LogP) is 5.17. The van der Waals surface area contributed by atoms with Crippen LogP contribution in [0.15, 0.2) is 72.8 Å². The van der Waals surface area contributed by atoms with Gasteiger partial charge in [0.1, 0.15) is 38.1 Å². The van der Waals surface area contributed by atoms with Gasteiger partial charge in [0.2, 0.25) is 0 Å². The standard InChI is InChI=1S/C33H32O9/c1-2-33(18-40-30(34)24-12-6-3-9-21(24)27-15-37-27,19-41-31(35)25-13-7-4-10-22(25)28-16-38-28)20-42-32(36)26-14-8-5-11-23(26)29-17-39-29/h3-14,27-29H,2,15-20H2,1H3. The Hall–Kier alpha value is -4.05. The van der Waals surface area contributed by atoms with Gasteiger partial charge in [-0.1, -0.05) is 61.5 Å². The Morgan fingerprint density at radius 1 is 0.595 bits per heavy atom. The maximum atomic E-state index is 13.2. The monoisotopic (exact) mass is 572 g/mol. The van der Waals surface area contributed by atoms with E-state index in [0.29, 0.717) is 42.9 Å². The SMILES string of the molecule is CCC(COC(=O)c1ccccc1C1CO1)(COC(=O)c1ccccc1C1CO1)COC(=O)c1ccccc1C1CO1. The van der Waals surface area contributed by atoms with Crippen LogP contribution in [-0.2, 0) is 28.4 Å². The Morgan fingerprint density at radius 3 is 1.14 bits per heavy atom. The van der Waals surface area contributed by atoms with Gasteiger partial charge < -0.3 is 28.4 Å². The molecule has 3 fully saturated rings. The van der Waals surface area contributed by atoms with Crippen LogP contribution in [0.5, 0.6) is 0 Å². The Morgan fingerprint density at radius 2 is 0.881 bits per heavy atom. The first-order valence-electron chi connectivity index (χ1n) is 14.1. The van der Waals surface area contributed by atoms with Crippen LogP contribution in [0.3, 0.4) is 0 Å². The molecule has 3 aliphatic rings. The first-order valence-corrected chi connectivity index (χ1v) is 14.1. The molecule has 42 heavy (non-hydrogen) atoms. The zero-order valence-electron chi connectivity index (χ0n) is 23.3. The van der Waals surface area contributed by atoms with Gasteiger partial charge in [-0.3, -0.25) is 0 Å². The molecule has 218 valence electrons. The fourth-order valence-corrected chi connectivity index (χ4v) is 4.89. The van der Waals surface area contributed by atoms with Gasteiger partial charge in [-0.15, -0.1) is 0 Å². The second-order valence-corrected chi connectivity index (χ2v) is 10.8.